The fourth-order valence-electron chi connectivity index (χ4n) is 0.996. The van der Waals surface area contributed by atoms with Crippen molar-refractivity contribution in [2.45, 2.75) is 13.3 Å². The highest BCUT2D eigenvalue weighted by Gasteiger charge is 2.00. The minimum Gasteiger partial charge on any atom is -0.396 e. The van der Waals surface area contributed by atoms with E-state index in [1.165, 1.54) is 0 Å². The largest absolute Gasteiger partial charge is 0.396 e. The molecule has 0 bridgehead atoms. The minimum atomic E-state index is 0.179. The maximum atomic E-state index is 8.58. The van der Waals surface area contributed by atoms with Gasteiger partial charge in [-0.3, -0.25) is 0 Å². The summed E-state index contributed by atoms with van der Waals surface area (Å²) >= 11 is 0. The van der Waals surface area contributed by atoms with E-state index in [-0.39, 0.29) is 6.61 Å². The Bertz CT molecular complexity index is 276. The predicted molar refractivity (Wildman–Crippen MR) is 53.6 cm³/mol. The number of anilines is 2. The lowest BCUT2D eigenvalue weighted by Gasteiger charge is -2.08. The van der Waals surface area contributed by atoms with Crippen LogP contribution in [0.3, 0.4) is 0 Å². The van der Waals surface area contributed by atoms with E-state index in [1.807, 2.05) is 13.0 Å². The van der Waals surface area contributed by atoms with E-state index in [9.17, 15) is 0 Å². The summed E-state index contributed by atoms with van der Waals surface area (Å²) in [7, 11) is 0. The first-order chi connectivity index (χ1) is 6.25. The number of nitrogen functional groups attached to an aromatic ring is 1. The molecule has 0 saturated carbocycles. The van der Waals surface area contributed by atoms with Crippen molar-refractivity contribution in [2.75, 3.05) is 24.2 Å². The molecular weight excluding hydrogens is 166 g/mol. The highest BCUT2D eigenvalue weighted by molar-refractivity contribution is 5.64. The van der Waals surface area contributed by atoms with Gasteiger partial charge in [-0.25, -0.2) is 4.98 Å². The molecule has 0 unspecified atom stereocenters. The Labute approximate surface area is 77.8 Å². The fraction of sp³-hybridized carbons (Fsp3) is 0.444. The number of nitrogens with zero attached hydrogens (tertiary/aromatic N) is 1. The van der Waals surface area contributed by atoms with E-state index in [4.69, 9.17) is 10.8 Å². The van der Waals surface area contributed by atoms with Crippen LogP contribution in [0.15, 0.2) is 12.3 Å². The number of hydrogen-bond acceptors (Lipinski definition) is 4. The number of nitrogens with one attached hydrogen (secondary N) is 1. The van der Waals surface area contributed by atoms with Gasteiger partial charge in [-0.05, 0) is 25.0 Å². The van der Waals surface area contributed by atoms with E-state index < -0.39 is 0 Å². The SMILES string of the molecule is Cc1ccnc(NCCCO)c1N. The molecule has 0 aliphatic rings. The van der Waals surface area contributed by atoms with Crippen molar-refractivity contribution in [1.29, 1.82) is 0 Å². The lowest BCUT2D eigenvalue weighted by molar-refractivity contribution is 0.292. The third kappa shape index (κ3) is 2.59. The summed E-state index contributed by atoms with van der Waals surface area (Å²) in [6.45, 7) is 2.81. The van der Waals surface area contributed by atoms with Gasteiger partial charge in [-0.15, -0.1) is 0 Å². The minimum absolute atomic E-state index is 0.179. The molecule has 72 valence electrons. The fourth-order valence-corrected chi connectivity index (χ4v) is 0.996. The molecule has 13 heavy (non-hydrogen) atoms. The van der Waals surface area contributed by atoms with Crippen molar-refractivity contribution in [2.24, 2.45) is 0 Å². The van der Waals surface area contributed by atoms with E-state index in [1.54, 1.807) is 6.20 Å². The van der Waals surface area contributed by atoms with E-state index in [0.29, 0.717) is 24.5 Å². The van der Waals surface area contributed by atoms with Gasteiger partial charge in [0.25, 0.3) is 0 Å². The first-order valence-corrected chi connectivity index (χ1v) is 4.31. The number of rotatable bonds is 4. The molecule has 1 aromatic heterocycles. The lowest BCUT2D eigenvalue weighted by Crippen LogP contribution is -2.08. The summed E-state index contributed by atoms with van der Waals surface area (Å²) in [6.07, 6.45) is 2.42. The molecule has 0 aliphatic carbocycles. The second kappa shape index (κ2) is 4.67. The molecular formula is C9H15N3O. The van der Waals surface area contributed by atoms with Gasteiger partial charge in [0.15, 0.2) is 0 Å². The molecule has 4 nitrogen and oxygen atoms in total. The molecule has 0 atom stereocenters. The van der Waals surface area contributed by atoms with Gasteiger partial charge in [0.1, 0.15) is 5.82 Å². The molecule has 1 heterocycles. The Morgan fingerprint density at radius 2 is 2.38 bits per heavy atom. The quantitative estimate of drug-likeness (QED) is 0.600. The van der Waals surface area contributed by atoms with Crippen molar-refractivity contribution in [3.63, 3.8) is 0 Å². The van der Waals surface area contributed by atoms with E-state index in [2.05, 4.69) is 10.3 Å². The topological polar surface area (TPSA) is 71.2 Å². The Morgan fingerprint density at radius 3 is 3.08 bits per heavy atom. The van der Waals surface area contributed by atoms with Crippen molar-refractivity contribution >= 4 is 11.5 Å². The van der Waals surface area contributed by atoms with Crippen LogP contribution < -0.4 is 11.1 Å². The van der Waals surface area contributed by atoms with E-state index in [0.717, 1.165) is 5.56 Å². The van der Waals surface area contributed by atoms with Gasteiger partial charge in [0.2, 0.25) is 0 Å². The Morgan fingerprint density at radius 1 is 1.62 bits per heavy atom. The number of aryl methyl sites for hydroxylation is 1. The highest BCUT2D eigenvalue weighted by atomic mass is 16.3. The van der Waals surface area contributed by atoms with Crippen LogP contribution in [0.5, 0.6) is 0 Å². The third-order valence-corrected chi connectivity index (χ3v) is 1.84. The summed E-state index contributed by atoms with van der Waals surface area (Å²) in [6, 6.07) is 1.87. The molecule has 1 rings (SSSR count). The zero-order chi connectivity index (χ0) is 9.68. The maximum Gasteiger partial charge on any atom is 0.149 e. The van der Waals surface area contributed by atoms with E-state index >= 15 is 0 Å². The lowest BCUT2D eigenvalue weighted by atomic mass is 10.2. The Balaban J connectivity index is 2.61. The Hall–Kier alpha value is -1.29. The van der Waals surface area contributed by atoms with Gasteiger partial charge < -0.3 is 16.2 Å². The van der Waals surface area contributed by atoms with Gasteiger partial charge in [0.05, 0.1) is 5.69 Å². The van der Waals surface area contributed by atoms with Crippen molar-refractivity contribution in [1.82, 2.24) is 4.98 Å². The maximum absolute atomic E-state index is 8.58. The Kier molecular flexibility index (Phi) is 3.52. The smallest absolute Gasteiger partial charge is 0.149 e. The van der Waals surface area contributed by atoms with Crippen LogP contribution in [0.4, 0.5) is 11.5 Å². The van der Waals surface area contributed by atoms with Crippen LogP contribution in [-0.2, 0) is 0 Å². The average Bonchev–Trinajstić information content (AvgIpc) is 2.13. The summed E-state index contributed by atoms with van der Waals surface area (Å²) in [5, 5.41) is 11.6. The second-order valence-electron chi connectivity index (χ2n) is 2.89. The summed E-state index contributed by atoms with van der Waals surface area (Å²) in [4.78, 5) is 4.09. The third-order valence-electron chi connectivity index (χ3n) is 1.84. The molecule has 4 N–H and O–H groups in total. The van der Waals surface area contributed by atoms with Crippen LogP contribution in [0.2, 0.25) is 0 Å². The summed E-state index contributed by atoms with van der Waals surface area (Å²) in [5.74, 6) is 0.702. The number of hydrogen-bond donors (Lipinski definition) is 3. The zero-order valence-electron chi connectivity index (χ0n) is 7.75. The van der Waals surface area contributed by atoms with Crippen LogP contribution in [-0.4, -0.2) is 23.2 Å². The summed E-state index contributed by atoms with van der Waals surface area (Å²) < 4.78 is 0. The van der Waals surface area contributed by atoms with Crippen LogP contribution in [0, 0.1) is 6.92 Å². The molecule has 4 heteroatoms. The van der Waals surface area contributed by atoms with Crippen molar-refractivity contribution in [3.8, 4) is 0 Å². The van der Waals surface area contributed by atoms with Gasteiger partial charge in [-0.1, -0.05) is 0 Å². The van der Waals surface area contributed by atoms with Crippen molar-refractivity contribution < 1.29 is 5.11 Å². The first-order valence-electron chi connectivity index (χ1n) is 4.31. The molecule has 0 aromatic carbocycles. The standard InChI is InChI=1S/C9H15N3O/c1-7-3-5-12-9(8(7)10)11-4-2-6-13/h3,5,13H,2,4,6,10H2,1H3,(H,11,12). The van der Waals surface area contributed by atoms with Gasteiger partial charge in [-0.2, -0.15) is 0 Å². The van der Waals surface area contributed by atoms with Crippen molar-refractivity contribution in [3.05, 3.63) is 17.8 Å². The first kappa shape index (κ1) is 9.80. The number of aliphatic hydroxyl groups excluding tert-OH is 1. The molecule has 0 fully saturated rings. The molecule has 0 amide bonds. The monoisotopic (exact) mass is 181 g/mol. The molecule has 0 radical (unpaired) electrons. The normalized spacial score (nSPS) is 10.0. The molecule has 0 spiro atoms. The highest BCUT2D eigenvalue weighted by Crippen LogP contribution is 2.18. The summed E-state index contributed by atoms with van der Waals surface area (Å²) in [5.41, 5.74) is 7.47. The number of pyridine rings is 1. The number of aliphatic hydroxyl groups is 1. The van der Waals surface area contributed by atoms with Gasteiger partial charge >= 0.3 is 0 Å². The van der Waals surface area contributed by atoms with Gasteiger partial charge in [0, 0.05) is 19.3 Å². The molecule has 0 saturated heterocycles. The number of nitrogens with two attached hydrogens (primary N) is 1. The number of aromatic nitrogens is 1. The van der Waals surface area contributed by atoms with Crippen LogP contribution in [0.1, 0.15) is 12.0 Å². The second-order valence-corrected chi connectivity index (χ2v) is 2.89. The molecule has 0 aliphatic heterocycles. The average molecular weight is 181 g/mol. The van der Waals surface area contributed by atoms with Crippen LogP contribution >= 0.6 is 0 Å². The molecule has 1 aromatic rings. The predicted octanol–water partition coefficient (Wildman–Crippen LogP) is 0.767. The zero-order valence-corrected chi connectivity index (χ0v) is 7.75. The van der Waals surface area contributed by atoms with Crippen LogP contribution in [0.25, 0.3) is 0 Å².